The molecule has 0 aliphatic carbocycles. The highest BCUT2D eigenvalue weighted by atomic mass is 35.5. The van der Waals surface area contributed by atoms with Gasteiger partial charge in [-0.15, -0.1) is 0 Å². The van der Waals surface area contributed by atoms with Gasteiger partial charge in [-0.3, -0.25) is 0 Å². The van der Waals surface area contributed by atoms with Crippen molar-refractivity contribution >= 4 is 11.6 Å². The molecule has 1 rings (SSSR count). The Morgan fingerprint density at radius 3 is 2.79 bits per heavy atom. The third-order valence-electron chi connectivity index (χ3n) is 2.16. The first-order valence-electron chi connectivity index (χ1n) is 4.81. The van der Waals surface area contributed by atoms with Gasteiger partial charge >= 0.3 is 0 Å². The largest absolute Gasteiger partial charge is 0.494 e. The van der Waals surface area contributed by atoms with Crippen LogP contribution in [0.5, 0.6) is 5.75 Å². The van der Waals surface area contributed by atoms with Gasteiger partial charge in [0, 0.05) is 5.02 Å². The number of hydrogen-bond acceptors (Lipinski definition) is 2. The average molecular weight is 214 g/mol. The predicted molar refractivity (Wildman–Crippen MR) is 60.1 cm³/mol. The molecule has 1 atom stereocenters. The first-order valence-corrected chi connectivity index (χ1v) is 5.19. The summed E-state index contributed by atoms with van der Waals surface area (Å²) in [7, 11) is 0. The second kappa shape index (κ2) is 5.23. The van der Waals surface area contributed by atoms with Gasteiger partial charge in [0.25, 0.3) is 0 Å². The van der Waals surface area contributed by atoms with Gasteiger partial charge < -0.3 is 10.5 Å². The van der Waals surface area contributed by atoms with Gasteiger partial charge in [0.1, 0.15) is 5.75 Å². The molecule has 0 radical (unpaired) electrons. The van der Waals surface area contributed by atoms with Crippen molar-refractivity contribution in [3.05, 3.63) is 28.8 Å². The number of nitrogens with two attached hydrogens (primary N) is 1. The lowest BCUT2D eigenvalue weighted by atomic mass is 10.0. The molecule has 1 aromatic rings. The van der Waals surface area contributed by atoms with Gasteiger partial charge in [-0.05, 0) is 43.1 Å². The van der Waals surface area contributed by atoms with Gasteiger partial charge in [-0.2, -0.15) is 0 Å². The Hall–Kier alpha value is -0.730. The maximum atomic E-state index is 5.92. The van der Waals surface area contributed by atoms with Crippen LogP contribution in [0.25, 0.3) is 0 Å². The second-order valence-electron chi connectivity index (χ2n) is 3.25. The fourth-order valence-electron chi connectivity index (χ4n) is 1.32. The van der Waals surface area contributed by atoms with Crippen molar-refractivity contribution in [3.63, 3.8) is 0 Å². The molecule has 0 heterocycles. The van der Waals surface area contributed by atoms with Gasteiger partial charge in [-0.1, -0.05) is 18.5 Å². The van der Waals surface area contributed by atoms with Crippen LogP contribution >= 0.6 is 11.6 Å². The lowest BCUT2D eigenvalue weighted by molar-refractivity contribution is 0.335. The standard InChI is InChI=1S/C11H16ClNO/c1-3-14-11-5-4-9(12)6-10(11)8(2)7-13/h4-6,8H,3,7,13H2,1-2H3. The van der Waals surface area contributed by atoms with E-state index in [-0.39, 0.29) is 5.92 Å². The third-order valence-corrected chi connectivity index (χ3v) is 2.39. The average Bonchev–Trinajstić information content (AvgIpc) is 2.20. The minimum atomic E-state index is 0.273. The first kappa shape index (κ1) is 11.3. The van der Waals surface area contributed by atoms with Crippen LogP contribution in [-0.4, -0.2) is 13.2 Å². The number of hydrogen-bond donors (Lipinski definition) is 1. The SMILES string of the molecule is CCOc1ccc(Cl)cc1C(C)CN. The molecule has 0 fully saturated rings. The van der Waals surface area contributed by atoms with Crippen LogP contribution in [0, 0.1) is 0 Å². The highest BCUT2D eigenvalue weighted by Gasteiger charge is 2.10. The smallest absolute Gasteiger partial charge is 0.122 e. The number of rotatable bonds is 4. The third kappa shape index (κ3) is 2.63. The molecule has 0 bridgehead atoms. The summed E-state index contributed by atoms with van der Waals surface area (Å²) in [5, 5.41) is 0.726. The molecule has 0 aromatic heterocycles. The summed E-state index contributed by atoms with van der Waals surface area (Å²) >= 11 is 5.92. The molecule has 3 heteroatoms. The van der Waals surface area contributed by atoms with Gasteiger partial charge in [0.15, 0.2) is 0 Å². The van der Waals surface area contributed by atoms with Crippen molar-refractivity contribution in [1.29, 1.82) is 0 Å². The predicted octanol–water partition coefficient (Wildman–Crippen LogP) is 2.80. The van der Waals surface area contributed by atoms with Crippen molar-refractivity contribution in [2.45, 2.75) is 19.8 Å². The lowest BCUT2D eigenvalue weighted by Crippen LogP contribution is -2.10. The topological polar surface area (TPSA) is 35.2 Å². The molecule has 0 aliphatic rings. The van der Waals surface area contributed by atoms with Crippen LogP contribution in [0.2, 0.25) is 5.02 Å². The Morgan fingerprint density at radius 1 is 1.50 bits per heavy atom. The molecule has 0 amide bonds. The molecule has 0 saturated carbocycles. The molecule has 0 aliphatic heterocycles. The number of halogens is 1. The van der Waals surface area contributed by atoms with Gasteiger partial charge in [-0.25, -0.2) is 0 Å². The fraction of sp³-hybridized carbons (Fsp3) is 0.455. The molecule has 0 saturated heterocycles. The van der Waals surface area contributed by atoms with Crippen LogP contribution in [0.4, 0.5) is 0 Å². The summed E-state index contributed by atoms with van der Waals surface area (Å²) in [6.45, 7) is 5.28. The van der Waals surface area contributed by atoms with Crippen molar-refractivity contribution in [2.75, 3.05) is 13.2 Å². The van der Waals surface area contributed by atoms with E-state index >= 15 is 0 Å². The maximum Gasteiger partial charge on any atom is 0.122 e. The highest BCUT2D eigenvalue weighted by Crippen LogP contribution is 2.28. The van der Waals surface area contributed by atoms with Crippen molar-refractivity contribution in [1.82, 2.24) is 0 Å². The fourth-order valence-corrected chi connectivity index (χ4v) is 1.50. The van der Waals surface area contributed by atoms with E-state index in [1.807, 2.05) is 25.1 Å². The van der Waals surface area contributed by atoms with Crippen LogP contribution < -0.4 is 10.5 Å². The summed E-state index contributed by atoms with van der Waals surface area (Å²) in [4.78, 5) is 0. The van der Waals surface area contributed by atoms with E-state index in [0.29, 0.717) is 13.2 Å². The van der Waals surface area contributed by atoms with Crippen LogP contribution in [-0.2, 0) is 0 Å². The minimum Gasteiger partial charge on any atom is -0.494 e. The normalized spacial score (nSPS) is 12.6. The molecule has 0 spiro atoms. The second-order valence-corrected chi connectivity index (χ2v) is 3.69. The van der Waals surface area contributed by atoms with Gasteiger partial charge in [0.05, 0.1) is 6.61 Å². The molecule has 2 nitrogen and oxygen atoms in total. The zero-order chi connectivity index (χ0) is 10.6. The van der Waals surface area contributed by atoms with Crippen molar-refractivity contribution in [2.24, 2.45) is 5.73 Å². The Bertz CT molecular complexity index is 301. The molecular weight excluding hydrogens is 198 g/mol. The summed E-state index contributed by atoms with van der Waals surface area (Å²) in [6.07, 6.45) is 0. The van der Waals surface area contributed by atoms with Crippen LogP contribution in [0.3, 0.4) is 0 Å². The maximum absolute atomic E-state index is 5.92. The summed E-state index contributed by atoms with van der Waals surface area (Å²) in [5.74, 6) is 1.16. The van der Waals surface area contributed by atoms with Crippen LogP contribution in [0.1, 0.15) is 25.3 Å². The summed E-state index contributed by atoms with van der Waals surface area (Å²) in [6, 6.07) is 5.65. The minimum absolute atomic E-state index is 0.273. The van der Waals surface area contributed by atoms with E-state index in [4.69, 9.17) is 22.1 Å². The molecule has 1 aromatic carbocycles. The van der Waals surface area contributed by atoms with Crippen LogP contribution in [0.15, 0.2) is 18.2 Å². The van der Waals surface area contributed by atoms with E-state index in [9.17, 15) is 0 Å². The summed E-state index contributed by atoms with van der Waals surface area (Å²) < 4.78 is 5.50. The van der Waals surface area contributed by atoms with E-state index in [0.717, 1.165) is 16.3 Å². The summed E-state index contributed by atoms with van der Waals surface area (Å²) in [5.41, 5.74) is 6.71. The van der Waals surface area contributed by atoms with Crippen molar-refractivity contribution in [3.8, 4) is 5.75 Å². The number of ether oxygens (including phenoxy) is 1. The van der Waals surface area contributed by atoms with E-state index in [1.54, 1.807) is 0 Å². The van der Waals surface area contributed by atoms with E-state index in [1.165, 1.54) is 0 Å². The molecule has 1 unspecified atom stereocenters. The molecule has 14 heavy (non-hydrogen) atoms. The molecule has 78 valence electrons. The monoisotopic (exact) mass is 213 g/mol. The zero-order valence-corrected chi connectivity index (χ0v) is 9.34. The van der Waals surface area contributed by atoms with E-state index in [2.05, 4.69) is 6.92 Å². The number of benzene rings is 1. The molecular formula is C11H16ClNO. The van der Waals surface area contributed by atoms with Crippen molar-refractivity contribution < 1.29 is 4.74 Å². The first-order chi connectivity index (χ1) is 6.69. The Morgan fingerprint density at radius 2 is 2.21 bits per heavy atom. The Labute approximate surface area is 90.0 Å². The Kier molecular flexibility index (Phi) is 4.23. The van der Waals surface area contributed by atoms with Gasteiger partial charge in [0.2, 0.25) is 0 Å². The zero-order valence-electron chi connectivity index (χ0n) is 8.59. The van der Waals surface area contributed by atoms with E-state index < -0.39 is 0 Å². The molecule has 2 N–H and O–H groups in total. The highest BCUT2D eigenvalue weighted by molar-refractivity contribution is 6.30. The lowest BCUT2D eigenvalue weighted by Gasteiger charge is -2.15. The Balaban J connectivity index is 3.02. The quantitative estimate of drug-likeness (QED) is 0.835.